The van der Waals surface area contributed by atoms with E-state index in [-0.39, 0.29) is 24.1 Å². The average Bonchev–Trinajstić information content (AvgIpc) is 2.73. The molecule has 29 heavy (non-hydrogen) atoms. The van der Waals surface area contributed by atoms with Crippen molar-refractivity contribution >= 4 is 5.96 Å². The lowest BCUT2D eigenvalue weighted by atomic mass is 10.1. The molecule has 1 atom stereocenters. The largest absolute Gasteiger partial charge is 0.490 e. The maximum absolute atomic E-state index is 12.8. The van der Waals surface area contributed by atoms with Crippen LogP contribution < -0.4 is 20.1 Å². The molecule has 0 aliphatic heterocycles. The summed E-state index contributed by atoms with van der Waals surface area (Å²) in [6.45, 7) is -0.106. The van der Waals surface area contributed by atoms with Gasteiger partial charge in [0.25, 0.3) is 0 Å². The van der Waals surface area contributed by atoms with Gasteiger partial charge >= 0.3 is 6.61 Å². The van der Waals surface area contributed by atoms with E-state index in [1.54, 1.807) is 39.3 Å². The number of ether oxygens (including phenoxy) is 3. The first kappa shape index (κ1) is 22.4. The molecular weight excluding hydrogens is 380 g/mol. The van der Waals surface area contributed by atoms with Gasteiger partial charge in [0.1, 0.15) is 0 Å². The van der Waals surface area contributed by atoms with E-state index in [0.717, 1.165) is 5.56 Å². The molecule has 2 aromatic carbocycles. The van der Waals surface area contributed by atoms with Crippen molar-refractivity contribution in [1.29, 1.82) is 0 Å². The minimum absolute atomic E-state index is 0.0198. The maximum Gasteiger partial charge on any atom is 0.387 e. The number of hydrogen-bond donors (Lipinski definition) is 2. The van der Waals surface area contributed by atoms with Crippen molar-refractivity contribution in [2.24, 2.45) is 4.99 Å². The summed E-state index contributed by atoms with van der Waals surface area (Å²) in [5, 5.41) is 6.29. The third-order valence-electron chi connectivity index (χ3n) is 4.15. The summed E-state index contributed by atoms with van der Waals surface area (Å²) in [6, 6.07) is 14.8. The predicted molar refractivity (Wildman–Crippen MR) is 109 cm³/mol. The molecule has 2 rings (SSSR count). The van der Waals surface area contributed by atoms with Crippen LogP contribution in [0, 0.1) is 0 Å². The average molecular weight is 407 g/mol. The van der Waals surface area contributed by atoms with E-state index in [2.05, 4.69) is 20.4 Å². The molecule has 1 unspecified atom stereocenters. The van der Waals surface area contributed by atoms with Crippen LogP contribution in [0.2, 0.25) is 0 Å². The van der Waals surface area contributed by atoms with E-state index >= 15 is 0 Å². The van der Waals surface area contributed by atoms with E-state index in [1.165, 1.54) is 0 Å². The van der Waals surface area contributed by atoms with E-state index in [0.29, 0.717) is 24.7 Å². The van der Waals surface area contributed by atoms with Gasteiger partial charge in [-0.15, -0.1) is 0 Å². The number of nitrogens with zero attached hydrogens (tertiary/aromatic N) is 1. The molecule has 6 nitrogen and oxygen atoms in total. The van der Waals surface area contributed by atoms with Gasteiger partial charge in [-0.25, -0.2) is 0 Å². The topological polar surface area (TPSA) is 64.1 Å². The van der Waals surface area contributed by atoms with Crippen LogP contribution in [0.3, 0.4) is 0 Å². The van der Waals surface area contributed by atoms with E-state index in [4.69, 9.17) is 9.47 Å². The maximum atomic E-state index is 12.8. The summed E-state index contributed by atoms with van der Waals surface area (Å²) >= 11 is 0. The second-order valence-corrected chi connectivity index (χ2v) is 6.00. The summed E-state index contributed by atoms with van der Waals surface area (Å²) < 4.78 is 41.3. The van der Waals surface area contributed by atoms with Crippen molar-refractivity contribution in [3.63, 3.8) is 0 Å². The van der Waals surface area contributed by atoms with Gasteiger partial charge in [-0.05, 0) is 18.6 Å². The Balaban J connectivity index is 2.02. The lowest BCUT2D eigenvalue weighted by molar-refractivity contribution is -0.0520. The lowest BCUT2D eigenvalue weighted by Gasteiger charge is -2.20. The molecule has 0 aliphatic rings. The van der Waals surface area contributed by atoms with Crippen molar-refractivity contribution in [3.8, 4) is 11.5 Å². The summed E-state index contributed by atoms with van der Waals surface area (Å²) in [5.41, 5.74) is 1.57. The van der Waals surface area contributed by atoms with Gasteiger partial charge < -0.3 is 24.8 Å². The molecule has 158 valence electrons. The van der Waals surface area contributed by atoms with Gasteiger partial charge in [0, 0.05) is 32.8 Å². The van der Waals surface area contributed by atoms with Crippen molar-refractivity contribution in [3.05, 3.63) is 59.7 Å². The van der Waals surface area contributed by atoms with Crippen molar-refractivity contribution < 1.29 is 23.0 Å². The van der Waals surface area contributed by atoms with Gasteiger partial charge in [0.15, 0.2) is 17.5 Å². The van der Waals surface area contributed by atoms with Crippen LogP contribution in [0.4, 0.5) is 8.78 Å². The number of guanidine groups is 1. The highest BCUT2D eigenvalue weighted by Crippen LogP contribution is 2.32. The zero-order valence-corrected chi connectivity index (χ0v) is 16.8. The van der Waals surface area contributed by atoms with Gasteiger partial charge in [0.2, 0.25) is 0 Å². The Morgan fingerprint density at radius 2 is 1.83 bits per heavy atom. The van der Waals surface area contributed by atoms with Crippen LogP contribution in [0.5, 0.6) is 11.5 Å². The van der Waals surface area contributed by atoms with Gasteiger partial charge in [-0.3, -0.25) is 4.99 Å². The van der Waals surface area contributed by atoms with E-state index < -0.39 is 6.61 Å². The van der Waals surface area contributed by atoms with Crippen LogP contribution in [0.1, 0.15) is 24.2 Å². The van der Waals surface area contributed by atoms with E-state index in [1.807, 2.05) is 30.3 Å². The van der Waals surface area contributed by atoms with Crippen LogP contribution in [-0.2, 0) is 11.3 Å². The monoisotopic (exact) mass is 407 g/mol. The molecule has 0 radical (unpaired) electrons. The Hall–Kier alpha value is -2.87. The molecule has 0 spiro atoms. The Kier molecular flexibility index (Phi) is 9.17. The molecule has 0 amide bonds. The molecule has 0 saturated carbocycles. The first-order valence-electron chi connectivity index (χ1n) is 9.30. The van der Waals surface area contributed by atoms with Gasteiger partial charge in [0.05, 0.1) is 12.7 Å². The zero-order valence-electron chi connectivity index (χ0n) is 16.8. The molecule has 2 aromatic rings. The number of rotatable bonds is 10. The molecular formula is C21H27F2N3O3. The Bertz CT molecular complexity index is 773. The molecule has 0 aliphatic carbocycles. The quantitative estimate of drug-likeness (QED) is 0.464. The fourth-order valence-corrected chi connectivity index (χ4v) is 2.79. The van der Waals surface area contributed by atoms with Crippen molar-refractivity contribution in [2.45, 2.75) is 26.2 Å². The third-order valence-corrected chi connectivity index (χ3v) is 4.15. The Morgan fingerprint density at radius 3 is 2.45 bits per heavy atom. The fourth-order valence-electron chi connectivity index (χ4n) is 2.79. The SMILES string of the molecule is CCOc1cccc(CNC(=NC)NCC(OC)c2ccccc2)c1OC(F)F. The summed E-state index contributed by atoms with van der Waals surface area (Å²) in [7, 11) is 3.27. The van der Waals surface area contributed by atoms with Gasteiger partial charge in [-0.2, -0.15) is 8.78 Å². The minimum atomic E-state index is -2.94. The third kappa shape index (κ3) is 6.90. The fraction of sp³-hybridized carbons (Fsp3) is 0.381. The number of nitrogens with one attached hydrogen (secondary N) is 2. The number of alkyl halides is 2. The Morgan fingerprint density at radius 1 is 1.07 bits per heavy atom. The molecule has 0 fully saturated rings. The first-order valence-corrected chi connectivity index (χ1v) is 9.30. The first-order chi connectivity index (χ1) is 14.1. The smallest absolute Gasteiger partial charge is 0.387 e. The van der Waals surface area contributed by atoms with Gasteiger partial charge in [-0.1, -0.05) is 42.5 Å². The zero-order chi connectivity index (χ0) is 21.1. The van der Waals surface area contributed by atoms with Crippen LogP contribution >= 0.6 is 0 Å². The second kappa shape index (κ2) is 11.9. The molecule has 2 N–H and O–H groups in total. The molecule has 8 heteroatoms. The minimum Gasteiger partial charge on any atom is -0.490 e. The van der Waals surface area contributed by atoms with Crippen molar-refractivity contribution in [1.82, 2.24) is 10.6 Å². The number of hydrogen-bond acceptors (Lipinski definition) is 4. The Labute approximate surface area is 169 Å². The number of methoxy groups -OCH3 is 1. The standard InChI is InChI=1S/C21H27F2N3O3/c1-4-28-17-12-8-11-16(19(17)29-20(22)23)13-25-21(24-2)26-14-18(27-3)15-9-6-5-7-10-15/h5-12,18,20H,4,13-14H2,1-3H3,(H2,24,25,26). The van der Waals surface area contributed by atoms with Crippen molar-refractivity contribution in [2.75, 3.05) is 27.3 Å². The molecule has 0 aromatic heterocycles. The molecule has 0 heterocycles. The van der Waals surface area contributed by atoms with Crippen LogP contribution in [-0.4, -0.2) is 39.9 Å². The number of para-hydroxylation sites is 1. The molecule has 0 saturated heterocycles. The number of halogens is 2. The summed E-state index contributed by atoms with van der Waals surface area (Å²) in [4.78, 5) is 4.17. The highest BCUT2D eigenvalue weighted by Gasteiger charge is 2.16. The number of aliphatic imine (C=N–C) groups is 1. The second-order valence-electron chi connectivity index (χ2n) is 6.00. The highest BCUT2D eigenvalue weighted by molar-refractivity contribution is 5.79. The summed E-state index contributed by atoms with van der Waals surface area (Å²) in [6.07, 6.45) is -0.159. The molecule has 0 bridgehead atoms. The highest BCUT2D eigenvalue weighted by atomic mass is 19.3. The predicted octanol–water partition coefficient (Wildman–Crippen LogP) is 3.74. The van der Waals surface area contributed by atoms with E-state index in [9.17, 15) is 8.78 Å². The van der Waals surface area contributed by atoms with Crippen LogP contribution in [0.15, 0.2) is 53.5 Å². The number of benzene rings is 2. The summed E-state index contributed by atoms with van der Waals surface area (Å²) in [5.74, 6) is 0.803. The lowest BCUT2D eigenvalue weighted by Crippen LogP contribution is -2.39. The van der Waals surface area contributed by atoms with Crippen LogP contribution in [0.25, 0.3) is 0 Å². The normalized spacial score (nSPS) is 12.6.